The van der Waals surface area contributed by atoms with Crippen LogP contribution in [0.5, 0.6) is 5.75 Å². The smallest absolute Gasteiger partial charge is 0.387 e. The van der Waals surface area contributed by atoms with Crippen LogP contribution in [0, 0.1) is 12.8 Å². The summed E-state index contributed by atoms with van der Waals surface area (Å²) in [5.74, 6) is 0.810. The van der Waals surface area contributed by atoms with Gasteiger partial charge in [-0.3, -0.25) is 4.98 Å². The Hall–Kier alpha value is -2.21. The summed E-state index contributed by atoms with van der Waals surface area (Å²) in [7, 11) is 0. The Labute approximate surface area is 159 Å². The van der Waals surface area contributed by atoms with Gasteiger partial charge in [0.05, 0.1) is 0 Å². The average molecular weight is 375 g/mol. The Kier molecular flexibility index (Phi) is 6.26. The highest BCUT2D eigenvalue weighted by atomic mass is 19.3. The molecule has 4 nitrogen and oxygen atoms in total. The Balaban J connectivity index is 1.89. The van der Waals surface area contributed by atoms with E-state index in [1.165, 1.54) is 0 Å². The lowest BCUT2D eigenvalue weighted by atomic mass is 10.0. The molecule has 0 radical (unpaired) electrons. The van der Waals surface area contributed by atoms with E-state index >= 15 is 0 Å². The minimum absolute atomic E-state index is 0.201. The van der Waals surface area contributed by atoms with E-state index in [2.05, 4.69) is 29.0 Å². The van der Waals surface area contributed by atoms with Crippen molar-refractivity contribution in [2.45, 2.75) is 39.8 Å². The molecule has 0 spiro atoms. The highest BCUT2D eigenvalue weighted by Crippen LogP contribution is 2.35. The zero-order valence-electron chi connectivity index (χ0n) is 16.1. The van der Waals surface area contributed by atoms with Crippen molar-refractivity contribution in [2.24, 2.45) is 5.92 Å². The molecule has 2 aromatic rings. The summed E-state index contributed by atoms with van der Waals surface area (Å²) in [5, 5.41) is 3.54. The summed E-state index contributed by atoms with van der Waals surface area (Å²) in [5.41, 5.74) is 3.22. The first-order valence-electron chi connectivity index (χ1n) is 9.42. The lowest BCUT2D eigenvalue weighted by Crippen LogP contribution is -2.51. The third-order valence-corrected chi connectivity index (χ3v) is 4.77. The Morgan fingerprint density at radius 3 is 2.78 bits per heavy atom. The molecule has 1 saturated heterocycles. The van der Waals surface area contributed by atoms with E-state index in [-0.39, 0.29) is 5.75 Å². The Morgan fingerprint density at radius 2 is 2.07 bits per heavy atom. The van der Waals surface area contributed by atoms with Gasteiger partial charge in [0.15, 0.2) is 0 Å². The van der Waals surface area contributed by atoms with Crippen LogP contribution in [0.1, 0.15) is 26.0 Å². The van der Waals surface area contributed by atoms with Gasteiger partial charge < -0.3 is 15.0 Å². The minimum atomic E-state index is -2.86. The third kappa shape index (κ3) is 5.16. The summed E-state index contributed by atoms with van der Waals surface area (Å²) in [4.78, 5) is 6.41. The van der Waals surface area contributed by atoms with E-state index in [1.807, 2.05) is 31.2 Å². The normalized spacial score (nSPS) is 17.6. The number of anilines is 1. The zero-order chi connectivity index (χ0) is 19.4. The molecule has 1 aliphatic rings. The first-order valence-corrected chi connectivity index (χ1v) is 9.42. The van der Waals surface area contributed by atoms with Gasteiger partial charge in [-0.05, 0) is 49.1 Å². The van der Waals surface area contributed by atoms with Crippen LogP contribution in [-0.2, 0) is 0 Å². The molecule has 6 heteroatoms. The summed E-state index contributed by atoms with van der Waals surface area (Å²) in [6.45, 7) is 6.02. The summed E-state index contributed by atoms with van der Waals surface area (Å²) in [6, 6.07) is 9.67. The van der Waals surface area contributed by atoms with Crippen LogP contribution in [0.25, 0.3) is 11.1 Å². The first kappa shape index (κ1) is 19.5. The highest BCUT2D eigenvalue weighted by molar-refractivity contribution is 5.74. The second-order valence-corrected chi connectivity index (χ2v) is 7.47. The van der Waals surface area contributed by atoms with Crippen LogP contribution < -0.4 is 15.0 Å². The minimum Gasteiger partial charge on any atom is -0.434 e. The molecule has 0 bridgehead atoms. The lowest BCUT2D eigenvalue weighted by molar-refractivity contribution is -0.0494. The van der Waals surface area contributed by atoms with Crippen LogP contribution in [0.3, 0.4) is 0 Å². The van der Waals surface area contributed by atoms with Crippen LogP contribution in [-0.4, -0.2) is 37.3 Å². The number of nitrogens with one attached hydrogen (secondary N) is 1. The van der Waals surface area contributed by atoms with Gasteiger partial charge in [0.2, 0.25) is 0 Å². The zero-order valence-corrected chi connectivity index (χ0v) is 16.1. The van der Waals surface area contributed by atoms with E-state index in [1.54, 1.807) is 12.3 Å². The number of aromatic nitrogens is 1. The largest absolute Gasteiger partial charge is 0.434 e. The number of nitrogens with zero attached hydrogens (tertiary/aromatic N) is 2. The average Bonchev–Trinajstić information content (AvgIpc) is 2.61. The monoisotopic (exact) mass is 375 g/mol. The maximum Gasteiger partial charge on any atom is 0.387 e. The van der Waals surface area contributed by atoms with Crippen LogP contribution in [0.15, 0.2) is 36.5 Å². The van der Waals surface area contributed by atoms with E-state index in [0.717, 1.165) is 43.0 Å². The quantitative estimate of drug-likeness (QED) is 0.808. The molecule has 0 amide bonds. The van der Waals surface area contributed by atoms with Gasteiger partial charge in [0, 0.05) is 54.9 Å². The van der Waals surface area contributed by atoms with Crippen LogP contribution in [0.2, 0.25) is 0 Å². The first-order chi connectivity index (χ1) is 12.9. The van der Waals surface area contributed by atoms with E-state index in [9.17, 15) is 8.78 Å². The fourth-order valence-electron chi connectivity index (χ4n) is 3.64. The number of pyridine rings is 1. The Bertz CT molecular complexity index is 767. The molecule has 1 aliphatic heterocycles. The number of halogens is 2. The molecule has 3 rings (SSSR count). The molecular weight excluding hydrogens is 348 g/mol. The molecule has 1 N–H and O–H groups in total. The number of piperazine rings is 1. The van der Waals surface area contributed by atoms with Crippen LogP contribution >= 0.6 is 0 Å². The van der Waals surface area contributed by atoms with Gasteiger partial charge in [-0.2, -0.15) is 8.78 Å². The van der Waals surface area contributed by atoms with Crippen molar-refractivity contribution in [2.75, 3.05) is 24.5 Å². The predicted octanol–water partition coefficient (Wildman–Crippen LogP) is 4.48. The van der Waals surface area contributed by atoms with Crippen molar-refractivity contribution < 1.29 is 13.5 Å². The number of benzene rings is 1. The van der Waals surface area contributed by atoms with Crippen molar-refractivity contribution in [3.8, 4) is 16.9 Å². The van der Waals surface area contributed by atoms with Crippen LogP contribution in [0.4, 0.5) is 14.5 Å². The van der Waals surface area contributed by atoms with E-state index in [0.29, 0.717) is 17.5 Å². The van der Waals surface area contributed by atoms with E-state index < -0.39 is 6.61 Å². The number of hydrogen-bond acceptors (Lipinski definition) is 4. The summed E-state index contributed by atoms with van der Waals surface area (Å²) in [6.07, 6.45) is 2.77. The topological polar surface area (TPSA) is 37.4 Å². The fourth-order valence-corrected chi connectivity index (χ4v) is 3.64. The molecule has 146 valence electrons. The van der Waals surface area contributed by atoms with Gasteiger partial charge in [0.25, 0.3) is 0 Å². The number of ether oxygens (including phenoxy) is 1. The molecule has 0 aliphatic carbocycles. The van der Waals surface area contributed by atoms with Gasteiger partial charge in [-0.15, -0.1) is 0 Å². The summed E-state index contributed by atoms with van der Waals surface area (Å²) >= 11 is 0. The molecule has 1 unspecified atom stereocenters. The molecule has 27 heavy (non-hydrogen) atoms. The Morgan fingerprint density at radius 1 is 1.26 bits per heavy atom. The number of aryl methyl sites for hydroxylation is 1. The predicted molar refractivity (Wildman–Crippen MR) is 105 cm³/mol. The fraction of sp³-hybridized carbons (Fsp3) is 0.476. The second kappa shape index (κ2) is 8.65. The van der Waals surface area contributed by atoms with Gasteiger partial charge in [-0.1, -0.05) is 13.8 Å². The SMILES string of the molecule is Cc1cc(-c2ccc(N3CCNC(CC(C)C)C3)cc2OC(F)F)ccn1. The lowest BCUT2D eigenvalue weighted by Gasteiger charge is -2.36. The molecule has 2 heterocycles. The molecule has 0 saturated carbocycles. The standard InChI is InChI=1S/C21H27F2N3O/c1-14(2)10-17-13-26(9-8-25-17)18-4-5-19(20(12-18)27-21(22)23)16-6-7-24-15(3)11-16/h4-7,11-12,14,17,21,25H,8-10,13H2,1-3H3. The second-order valence-electron chi connectivity index (χ2n) is 7.47. The molecule has 1 fully saturated rings. The van der Waals surface area contributed by atoms with Gasteiger partial charge in [-0.25, -0.2) is 0 Å². The maximum absolute atomic E-state index is 13.0. The summed E-state index contributed by atoms with van der Waals surface area (Å²) < 4.78 is 30.9. The molecule has 1 aromatic heterocycles. The molecule has 1 atom stereocenters. The van der Waals surface area contributed by atoms with Crippen molar-refractivity contribution in [1.82, 2.24) is 10.3 Å². The molecule has 1 aromatic carbocycles. The third-order valence-electron chi connectivity index (χ3n) is 4.77. The maximum atomic E-state index is 13.0. The van der Waals surface area contributed by atoms with Crippen molar-refractivity contribution in [3.63, 3.8) is 0 Å². The molecular formula is C21H27F2N3O. The number of alkyl halides is 2. The number of rotatable bonds is 6. The van der Waals surface area contributed by atoms with Gasteiger partial charge >= 0.3 is 6.61 Å². The van der Waals surface area contributed by atoms with E-state index in [4.69, 9.17) is 4.74 Å². The van der Waals surface area contributed by atoms with Crippen molar-refractivity contribution >= 4 is 5.69 Å². The van der Waals surface area contributed by atoms with Gasteiger partial charge in [0.1, 0.15) is 5.75 Å². The highest BCUT2D eigenvalue weighted by Gasteiger charge is 2.22. The van der Waals surface area contributed by atoms with Crippen molar-refractivity contribution in [1.29, 1.82) is 0 Å². The van der Waals surface area contributed by atoms with Crippen molar-refractivity contribution in [3.05, 3.63) is 42.2 Å². The number of hydrogen-bond donors (Lipinski definition) is 1.